The van der Waals surface area contributed by atoms with Gasteiger partial charge < -0.3 is 15.0 Å². The fraction of sp³-hybridized carbons (Fsp3) is 0.400. The van der Waals surface area contributed by atoms with Crippen molar-refractivity contribution in [2.75, 3.05) is 37.7 Å². The zero-order valence-electron chi connectivity index (χ0n) is 12.5. The number of thiophene rings is 1. The van der Waals surface area contributed by atoms with Crippen molar-refractivity contribution in [3.05, 3.63) is 39.3 Å². The van der Waals surface area contributed by atoms with Crippen molar-refractivity contribution < 1.29 is 9.53 Å². The van der Waals surface area contributed by atoms with Crippen molar-refractivity contribution in [2.24, 2.45) is 0 Å². The van der Waals surface area contributed by atoms with Crippen molar-refractivity contribution in [3.63, 3.8) is 0 Å². The Bertz CT molecular complexity index is 660. The summed E-state index contributed by atoms with van der Waals surface area (Å²) in [6, 6.07) is 4.04. The number of hydrogen-bond acceptors (Lipinski definition) is 6. The smallest absolute Gasteiger partial charge is 0.271 e. The number of hydrogen-bond donors (Lipinski definition) is 1. The summed E-state index contributed by atoms with van der Waals surface area (Å²) < 4.78 is 5.31. The summed E-state index contributed by atoms with van der Waals surface area (Å²) in [5.74, 6) is 0.240. The van der Waals surface area contributed by atoms with Crippen molar-refractivity contribution >= 4 is 34.8 Å². The van der Waals surface area contributed by atoms with Crippen LogP contribution >= 0.6 is 22.9 Å². The van der Waals surface area contributed by atoms with Crippen LogP contribution < -0.4 is 10.2 Å². The van der Waals surface area contributed by atoms with E-state index in [0.717, 1.165) is 6.42 Å². The number of carbonyl (C=O) groups is 1. The lowest BCUT2D eigenvalue weighted by Gasteiger charge is -2.26. The van der Waals surface area contributed by atoms with Gasteiger partial charge in [-0.2, -0.15) is 0 Å². The largest absolute Gasteiger partial charge is 0.378 e. The van der Waals surface area contributed by atoms with Crippen LogP contribution in [0.15, 0.2) is 23.7 Å². The predicted octanol–water partition coefficient (Wildman–Crippen LogP) is 2.00. The van der Waals surface area contributed by atoms with Gasteiger partial charge in [0.15, 0.2) is 5.69 Å². The van der Waals surface area contributed by atoms with E-state index in [9.17, 15) is 4.79 Å². The highest BCUT2D eigenvalue weighted by Crippen LogP contribution is 2.17. The molecule has 0 spiro atoms. The highest BCUT2D eigenvalue weighted by atomic mass is 35.5. The quantitative estimate of drug-likeness (QED) is 0.891. The molecule has 2 aromatic rings. The highest BCUT2D eigenvalue weighted by molar-refractivity contribution is 7.09. The Hall–Kier alpha value is -1.70. The van der Waals surface area contributed by atoms with E-state index in [0.29, 0.717) is 38.8 Å². The van der Waals surface area contributed by atoms with E-state index in [1.807, 2.05) is 22.4 Å². The molecule has 0 aromatic carbocycles. The van der Waals surface area contributed by atoms with Crippen molar-refractivity contribution in [2.45, 2.75) is 6.42 Å². The number of nitrogens with one attached hydrogen (secondary N) is 1. The maximum absolute atomic E-state index is 12.3. The summed E-state index contributed by atoms with van der Waals surface area (Å²) in [7, 11) is 0. The van der Waals surface area contributed by atoms with Crippen molar-refractivity contribution in [1.82, 2.24) is 15.3 Å². The molecule has 3 heterocycles. The Morgan fingerprint density at radius 3 is 3.00 bits per heavy atom. The van der Waals surface area contributed by atoms with Gasteiger partial charge in [0.2, 0.25) is 5.95 Å². The number of halogens is 1. The first-order chi connectivity index (χ1) is 11.2. The minimum Gasteiger partial charge on any atom is -0.378 e. The van der Waals surface area contributed by atoms with Gasteiger partial charge in [-0.25, -0.2) is 9.97 Å². The molecule has 1 saturated heterocycles. The second-order valence-corrected chi connectivity index (χ2v) is 6.49. The Morgan fingerprint density at radius 2 is 2.26 bits per heavy atom. The van der Waals surface area contributed by atoms with Crippen molar-refractivity contribution in [3.8, 4) is 0 Å². The SMILES string of the molecule is O=C(NCCc1cccs1)c1nc(N2CCOCC2)ncc1Cl. The van der Waals surface area contributed by atoms with Gasteiger partial charge in [0.1, 0.15) is 0 Å². The average Bonchev–Trinajstić information content (AvgIpc) is 3.09. The fourth-order valence-corrected chi connectivity index (χ4v) is 3.16. The highest BCUT2D eigenvalue weighted by Gasteiger charge is 2.18. The summed E-state index contributed by atoms with van der Waals surface area (Å²) >= 11 is 7.75. The fourth-order valence-electron chi connectivity index (χ4n) is 2.27. The maximum Gasteiger partial charge on any atom is 0.271 e. The second-order valence-electron chi connectivity index (χ2n) is 5.05. The predicted molar refractivity (Wildman–Crippen MR) is 90.4 cm³/mol. The molecular formula is C15H17ClN4O2S. The zero-order chi connectivity index (χ0) is 16.1. The molecule has 0 radical (unpaired) electrons. The van der Waals surface area contributed by atoms with Crippen LogP contribution in [0.3, 0.4) is 0 Å². The zero-order valence-corrected chi connectivity index (χ0v) is 14.1. The monoisotopic (exact) mass is 352 g/mol. The first-order valence-electron chi connectivity index (χ1n) is 7.40. The molecule has 0 saturated carbocycles. The van der Waals surface area contributed by atoms with E-state index in [1.54, 1.807) is 11.3 Å². The summed E-state index contributed by atoms with van der Waals surface area (Å²) in [5, 5.41) is 5.14. The molecule has 0 atom stereocenters. The standard InChI is InChI=1S/C15H17ClN4O2S/c16-12-10-18-15(20-5-7-22-8-6-20)19-13(12)14(21)17-4-3-11-2-1-9-23-11/h1-2,9-10H,3-8H2,(H,17,21). The average molecular weight is 353 g/mol. The van der Waals surface area contributed by atoms with Crippen LogP contribution in [0.4, 0.5) is 5.95 Å². The molecule has 2 aromatic heterocycles. The van der Waals surface area contributed by atoms with E-state index in [2.05, 4.69) is 15.3 Å². The molecular weight excluding hydrogens is 336 g/mol. The first-order valence-corrected chi connectivity index (χ1v) is 8.65. The van der Waals surface area contributed by atoms with E-state index in [-0.39, 0.29) is 16.6 Å². The molecule has 0 unspecified atom stereocenters. The number of rotatable bonds is 5. The lowest BCUT2D eigenvalue weighted by Crippen LogP contribution is -2.38. The molecule has 23 heavy (non-hydrogen) atoms. The molecule has 1 fully saturated rings. The second kappa shape index (κ2) is 7.72. The van der Waals surface area contributed by atoms with Gasteiger partial charge in [-0.15, -0.1) is 11.3 Å². The third-order valence-electron chi connectivity index (χ3n) is 3.48. The van der Waals surface area contributed by atoms with E-state index >= 15 is 0 Å². The van der Waals surface area contributed by atoms with Crippen LogP contribution in [-0.2, 0) is 11.2 Å². The number of anilines is 1. The van der Waals surface area contributed by atoms with Gasteiger partial charge in [0.25, 0.3) is 5.91 Å². The third kappa shape index (κ3) is 4.19. The molecule has 122 valence electrons. The summed E-state index contributed by atoms with van der Waals surface area (Å²) in [5.41, 5.74) is 0.217. The third-order valence-corrected chi connectivity index (χ3v) is 4.69. The van der Waals surface area contributed by atoms with Gasteiger partial charge >= 0.3 is 0 Å². The Morgan fingerprint density at radius 1 is 1.43 bits per heavy atom. The lowest BCUT2D eigenvalue weighted by molar-refractivity contribution is 0.0949. The molecule has 3 rings (SSSR count). The molecule has 1 amide bonds. The van der Waals surface area contributed by atoms with E-state index < -0.39 is 0 Å². The minimum atomic E-state index is -0.275. The number of carbonyl (C=O) groups excluding carboxylic acids is 1. The topological polar surface area (TPSA) is 67.4 Å². The van der Waals surface area contributed by atoms with Crippen molar-refractivity contribution in [1.29, 1.82) is 0 Å². The van der Waals surface area contributed by atoms with Crippen LogP contribution in [0.1, 0.15) is 15.4 Å². The van der Waals surface area contributed by atoms with E-state index in [4.69, 9.17) is 16.3 Å². The molecule has 1 aliphatic rings. The Labute approximate surface area is 143 Å². The van der Waals surface area contributed by atoms with Gasteiger partial charge in [-0.1, -0.05) is 17.7 Å². The van der Waals surface area contributed by atoms with Crippen LogP contribution in [-0.4, -0.2) is 48.7 Å². The van der Waals surface area contributed by atoms with Gasteiger partial charge in [0.05, 0.1) is 24.4 Å². The van der Waals surface area contributed by atoms with Gasteiger partial charge in [0, 0.05) is 24.5 Å². The number of nitrogens with zero attached hydrogens (tertiary/aromatic N) is 3. The molecule has 6 nitrogen and oxygen atoms in total. The van der Waals surface area contributed by atoms with E-state index in [1.165, 1.54) is 11.1 Å². The Balaban J connectivity index is 1.64. The number of ether oxygens (including phenoxy) is 1. The summed E-state index contributed by atoms with van der Waals surface area (Å²) in [6.45, 7) is 3.23. The first kappa shape index (κ1) is 16.2. The molecule has 8 heteroatoms. The minimum absolute atomic E-state index is 0.217. The van der Waals surface area contributed by atoms with Crippen LogP contribution in [0.25, 0.3) is 0 Å². The Kier molecular flexibility index (Phi) is 5.43. The molecule has 1 aliphatic heterocycles. The van der Waals surface area contributed by atoms with Crippen LogP contribution in [0.2, 0.25) is 5.02 Å². The molecule has 0 aliphatic carbocycles. The van der Waals surface area contributed by atoms with Gasteiger partial charge in [-0.3, -0.25) is 4.79 Å². The number of amides is 1. The van der Waals surface area contributed by atoms with Crippen LogP contribution in [0, 0.1) is 0 Å². The number of aromatic nitrogens is 2. The lowest BCUT2D eigenvalue weighted by atomic mass is 10.3. The molecule has 1 N–H and O–H groups in total. The summed E-state index contributed by atoms with van der Waals surface area (Å²) in [6.07, 6.45) is 2.27. The normalized spacial score (nSPS) is 14.7. The maximum atomic E-state index is 12.3. The van der Waals surface area contributed by atoms with Crippen LogP contribution in [0.5, 0.6) is 0 Å². The summed E-state index contributed by atoms with van der Waals surface area (Å²) in [4.78, 5) is 24.1. The van der Waals surface area contributed by atoms with Gasteiger partial charge in [-0.05, 0) is 17.9 Å². The number of morpholine rings is 1. The molecule has 0 bridgehead atoms.